The lowest BCUT2D eigenvalue weighted by Crippen LogP contribution is -2.48. The minimum Gasteiger partial charge on any atom is -0.481 e. The van der Waals surface area contributed by atoms with Crippen LogP contribution in [0.25, 0.3) is 0 Å². The molecular weight excluding hydrogens is 350 g/mol. The van der Waals surface area contributed by atoms with Crippen molar-refractivity contribution < 1.29 is 24.3 Å². The third-order valence-corrected chi connectivity index (χ3v) is 5.61. The highest BCUT2D eigenvalue weighted by Gasteiger charge is 2.29. The zero-order valence-electron chi connectivity index (χ0n) is 16.1. The standard InChI is InChI=1S/C19H31N3O5/c1-21(13-18(25)22-10-4-7-15(12-22)19(26)27)17(24)11-20-16(23)9-8-14-5-2-3-6-14/h14-15H,2-13H2,1H3,(H,20,23)(H,26,27). The highest BCUT2D eigenvalue weighted by atomic mass is 16.4. The summed E-state index contributed by atoms with van der Waals surface area (Å²) in [6.07, 6.45) is 7.39. The van der Waals surface area contributed by atoms with Crippen molar-refractivity contribution in [2.45, 2.75) is 51.4 Å². The maximum Gasteiger partial charge on any atom is 0.308 e. The number of piperidine rings is 1. The number of aliphatic carboxylic acids is 1. The van der Waals surface area contributed by atoms with E-state index in [1.54, 1.807) is 0 Å². The third kappa shape index (κ3) is 6.84. The van der Waals surface area contributed by atoms with Crippen molar-refractivity contribution in [2.75, 3.05) is 33.2 Å². The van der Waals surface area contributed by atoms with Crippen LogP contribution in [-0.4, -0.2) is 71.8 Å². The second-order valence-electron chi connectivity index (χ2n) is 7.73. The molecule has 2 N–H and O–H groups in total. The topological polar surface area (TPSA) is 107 Å². The first kappa shape index (κ1) is 21.2. The van der Waals surface area contributed by atoms with E-state index < -0.39 is 11.9 Å². The Hall–Kier alpha value is -2.12. The Labute approximate surface area is 160 Å². The van der Waals surface area contributed by atoms with Crippen LogP contribution in [0.5, 0.6) is 0 Å². The molecule has 1 heterocycles. The molecule has 2 aliphatic rings. The average Bonchev–Trinajstić information content (AvgIpc) is 3.17. The first-order valence-electron chi connectivity index (χ1n) is 9.88. The number of rotatable bonds is 8. The zero-order valence-corrected chi connectivity index (χ0v) is 16.1. The Balaban J connectivity index is 1.67. The fourth-order valence-corrected chi connectivity index (χ4v) is 3.83. The fourth-order valence-electron chi connectivity index (χ4n) is 3.83. The monoisotopic (exact) mass is 381 g/mol. The van der Waals surface area contributed by atoms with Gasteiger partial charge in [-0.15, -0.1) is 0 Å². The van der Waals surface area contributed by atoms with Crippen molar-refractivity contribution in [1.29, 1.82) is 0 Å². The van der Waals surface area contributed by atoms with Gasteiger partial charge in [-0.1, -0.05) is 25.7 Å². The van der Waals surface area contributed by atoms with Gasteiger partial charge in [-0.3, -0.25) is 19.2 Å². The summed E-state index contributed by atoms with van der Waals surface area (Å²) in [6, 6.07) is 0. The minimum atomic E-state index is -0.891. The number of nitrogens with one attached hydrogen (secondary N) is 1. The number of carboxylic acids is 1. The predicted octanol–water partition coefficient (Wildman–Crippen LogP) is 0.855. The van der Waals surface area contributed by atoms with Gasteiger partial charge in [0.05, 0.1) is 19.0 Å². The van der Waals surface area contributed by atoms with Crippen molar-refractivity contribution >= 4 is 23.7 Å². The van der Waals surface area contributed by atoms with Gasteiger partial charge >= 0.3 is 5.97 Å². The summed E-state index contributed by atoms with van der Waals surface area (Å²) in [6.45, 7) is 0.477. The normalized spacial score (nSPS) is 20.3. The van der Waals surface area contributed by atoms with Gasteiger partial charge in [0.1, 0.15) is 0 Å². The number of hydrogen-bond acceptors (Lipinski definition) is 4. The van der Waals surface area contributed by atoms with E-state index in [-0.39, 0.29) is 37.4 Å². The Morgan fingerprint density at radius 1 is 1.11 bits per heavy atom. The van der Waals surface area contributed by atoms with Crippen LogP contribution in [0.4, 0.5) is 0 Å². The number of amides is 3. The molecule has 1 saturated carbocycles. The molecule has 1 aliphatic carbocycles. The number of carbonyl (C=O) groups is 4. The summed E-state index contributed by atoms with van der Waals surface area (Å²) >= 11 is 0. The largest absolute Gasteiger partial charge is 0.481 e. The van der Waals surface area contributed by atoms with Gasteiger partial charge in [-0.2, -0.15) is 0 Å². The fraction of sp³-hybridized carbons (Fsp3) is 0.789. The van der Waals surface area contributed by atoms with Gasteiger partial charge in [0.15, 0.2) is 0 Å². The number of nitrogens with zero attached hydrogens (tertiary/aromatic N) is 2. The molecule has 1 atom stereocenters. The molecule has 2 fully saturated rings. The first-order chi connectivity index (χ1) is 12.9. The lowest BCUT2D eigenvalue weighted by molar-refractivity contribution is -0.147. The number of hydrogen-bond donors (Lipinski definition) is 2. The maximum atomic E-state index is 12.3. The van der Waals surface area contributed by atoms with Crippen molar-refractivity contribution in [3.05, 3.63) is 0 Å². The van der Waals surface area contributed by atoms with Gasteiger partial charge in [0, 0.05) is 26.6 Å². The van der Waals surface area contributed by atoms with Crippen LogP contribution in [0.15, 0.2) is 0 Å². The summed E-state index contributed by atoms with van der Waals surface area (Å²) in [4.78, 5) is 50.2. The zero-order chi connectivity index (χ0) is 19.8. The van der Waals surface area contributed by atoms with Crippen LogP contribution in [0.1, 0.15) is 51.4 Å². The molecule has 152 valence electrons. The third-order valence-electron chi connectivity index (χ3n) is 5.61. The van der Waals surface area contributed by atoms with Gasteiger partial charge in [0.2, 0.25) is 17.7 Å². The van der Waals surface area contributed by atoms with Crippen molar-refractivity contribution in [2.24, 2.45) is 11.8 Å². The molecule has 1 saturated heterocycles. The molecule has 0 aromatic rings. The molecule has 0 radical (unpaired) electrons. The highest BCUT2D eigenvalue weighted by Crippen LogP contribution is 2.28. The summed E-state index contributed by atoms with van der Waals surface area (Å²) in [5.74, 6) is -1.52. The van der Waals surface area contributed by atoms with Crippen LogP contribution >= 0.6 is 0 Å². The predicted molar refractivity (Wildman–Crippen MR) is 98.8 cm³/mol. The van der Waals surface area contributed by atoms with E-state index in [4.69, 9.17) is 5.11 Å². The molecule has 1 unspecified atom stereocenters. The van der Waals surface area contributed by atoms with Crippen LogP contribution in [0, 0.1) is 11.8 Å². The van der Waals surface area contributed by atoms with Gasteiger partial charge in [-0.05, 0) is 25.2 Å². The quantitative estimate of drug-likeness (QED) is 0.648. The molecule has 8 nitrogen and oxygen atoms in total. The SMILES string of the molecule is CN(CC(=O)N1CCCC(C(=O)O)C1)C(=O)CNC(=O)CCC1CCCC1. The second-order valence-corrected chi connectivity index (χ2v) is 7.73. The molecule has 3 amide bonds. The molecule has 0 bridgehead atoms. The van der Waals surface area contributed by atoms with Crippen molar-refractivity contribution in [3.63, 3.8) is 0 Å². The van der Waals surface area contributed by atoms with Gasteiger partial charge in [0.25, 0.3) is 0 Å². The molecule has 8 heteroatoms. The van der Waals surface area contributed by atoms with Gasteiger partial charge in [-0.25, -0.2) is 0 Å². The van der Waals surface area contributed by atoms with Crippen molar-refractivity contribution in [3.8, 4) is 0 Å². The Morgan fingerprint density at radius 3 is 2.48 bits per heavy atom. The first-order valence-corrected chi connectivity index (χ1v) is 9.88. The van der Waals surface area contributed by atoms with E-state index in [1.807, 2.05) is 0 Å². The summed E-state index contributed by atoms with van der Waals surface area (Å²) in [5, 5.41) is 11.7. The van der Waals surface area contributed by atoms with Crippen LogP contribution in [0.2, 0.25) is 0 Å². The summed E-state index contributed by atoms with van der Waals surface area (Å²) < 4.78 is 0. The van der Waals surface area contributed by atoms with Gasteiger partial charge < -0.3 is 20.2 Å². The van der Waals surface area contributed by atoms with E-state index in [1.165, 1.54) is 42.5 Å². The van der Waals surface area contributed by atoms with Crippen LogP contribution in [0.3, 0.4) is 0 Å². The molecule has 2 rings (SSSR count). The summed E-state index contributed by atoms with van der Waals surface area (Å²) in [5.41, 5.74) is 0. The Kier molecular flexibility index (Phi) is 8.06. The van der Waals surface area contributed by atoms with Crippen LogP contribution < -0.4 is 5.32 Å². The molecule has 27 heavy (non-hydrogen) atoms. The lowest BCUT2D eigenvalue weighted by atomic mass is 9.98. The number of likely N-dealkylation sites (tertiary alicyclic amines) is 1. The second kappa shape index (κ2) is 10.3. The highest BCUT2D eigenvalue weighted by molar-refractivity contribution is 5.88. The van der Waals surface area contributed by atoms with Crippen LogP contribution in [-0.2, 0) is 19.2 Å². The Bertz CT molecular complexity index is 560. The molecule has 0 spiro atoms. The molecule has 0 aromatic carbocycles. The maximum absolute atomic E-state index is 12.3. The smallest absolute Gasteiger partial charge is 0.308 e. The number of carbonyl (C=O) groups excluding carboxylic acids is 3. The minimum absolute atomic E-state index is 0.108. The van der Waals surface area contributed by atoms with Crippen molar-refractivity contribution in [1.82, 2.24) is 15.1 Å². The molecule has 0 aromatic heterocycles. The summed E-state index contributed by atoms with van der Waals surface area (Å²) in [7, 11) is 1.52. The van der Waals surface area contributed by atoms with E-state index in [2.05, 4.69) is 5.32 Å². The van der Waals surface area contributed by atoms with E-state index >= 15 is 0 Å². The number of likely N-dealkylation sites (N-methyl/N-ethyl adjacent to an activating group) is 1. The number of carboxylic acid groups (broad SMARTS) is 1. The lowest BCUT2D eigenvalue weighted by Gasteiger charge is -2.32. The van der Waals surface area contributed by atoms with E-state index in [9.17, 15) is 19.2 Å². The molecular formula is C19H31N3O5. The van der Waals surface area contributed by atoms with E-state index in [0.29, 0.717) is 31.7 Å². The average molecular weight is 381 g/mol. The Morgan fingerprint density at radius 2 is 1.81 bits per heavy atom. The molecule has 1 aliphatic heterocycles. The van der Waals surface area contributed by atoms with E-state index in [0.717, 1.165) is 6.42 Å².